The Morgan fingerprint density at radius 2 is 1.69 bits per heavy atom. The van der Waals surface area contributed by atoms with Gasteiger partial charge in [0.15, 0.2) is 0 Å². The van der Waals surface area contributed by atoms with Crippen LogP contribution < -0.4 is 0 Å². The van der Waals surface area contributed by atoms with Crippen LogP contribution in [-0.2, 0) is 0 Å². The van der Waals surface area contributed by atoms with Crippen LogP contribution in [0.3, 0.4) is 0 Å². The van der Waals surface area contributed by atoms with Crippen molar-refractivity contribution in [3.05, 3.63) is 95.8 Å². The van der Waals surface area contributed by atoms with Crippen LogP contribution in [0.15, 0.2) is 83.4 Å². The molecule has 3 aromatic heterocycles. The van der Waals surface area contributed by atoms with Crippen LogP contribution >= 0.6 is 0 Å². The first-order valence-electron chi connectivity index (χ1n) is 14.6. The lowest BCUT2D eigenvalue weighted by Gasteiger charge is -2.13. The molecule has 0 spiro atoms. The molecule has 0 radical (unpaired) electrons. The van der Waals surface area contributed by atoms with Crippen molar-refractivity contribution in [1.82, 2.24) is 9.97 Å². The Morgan fingerprint density at radius 1 is 0.750 bits per heavy atom. The van der Waals surface area contributed by atoms with E-state index in [4.69, 9.17) is 16.8 Å². The van der Waals surface area contributed by atoms with Crippen LogP contribution in [0.4, 0.5) is 0 Å². The predicted molar refractivity (Wildman–Crippen MR) is 132 cm³/mol. The fourth-order valence-corrected chi connectivity index (χ4v) is 4.20. The van der Waals surface area contributed by atoms with Crippen LogP contribution in [0.1, 0.15) is 29.2 Å². The SMILES string of the molecule is [2H]C([2H])([2H])c1ccc2c(n1)oc1c(-c3cc(-c4ccc5ccccc5c4C([2H])([2H])[2H])c(C([2H])([2H])[2H])cn3)cccc12. The van der Waals surface area contributed by atoms with Crippen molar-refractivity contribution in [2.45, 2.75) is 20.6 Å². The van der Waals surface area contributed by atoms with Gasteiger partial charge >= 0.3 is 0 Å². The Hall–Kier alpha value is -3.98. The quantitative estimate of drug-likeness (QED) is 0.285. The van der Waals surface area contributed by atoms with Gasteiger partial charge in [0.25, 0.3) is 0 Å². The highest BCUT2D eigenvalue weighted by molar-refractivity contribution is 6.08. The summed E-state index contributed by atoms with van der Waals surface area (Å²) in [6, 6.07) is 20.5. The fraction of sp³-hybridized carbons (Fsp3) is 0.103. The molecule has 3 heteroatoms. The lowest BCUT2D eigenvalue weighted by molar-refractivity contribution is 0.653. The maximum absolute atomic E-state index is 8.34. The van der Waals surface area contributed by atoms with Gasteiger partial charge in [0.2, 0.25) is 5.71 Å². The smallest absolute Gasteiger partial charge is 0.227 e. The van der Waals surface area contributed by atoms with Gasteiger partial charge in [-0.2, -0.15) is 0 Å². The van der Waals surface area contributed by atoms with Crippen LogP contribution in [0, 0.1) is 20.6 Å². The van der Waals surface area contributed by atoms with E-state index in [2.05, 4.69) is 9.97 Å². The zero-order valence-corrected chi connectivity index (χ0v) is 16.8. The number of rotatable bonds is 2. The molecule has 3 nitrogen and oxygen atoms in total. The lowest BCUT2D eigenvalue weighted by atomic mass is 9.92. The first-order valence-corrected chi connectivity index (χ1v) is 10.1. The maximum atomic E-state index is 8.34. The highest BCUT2D eigenvalue weighted by atomic mass is 16.3. The molecule has 0 bridgehead atoms. The minimum atomic E-state index is -2.57. The molecule has 6 rings (SSSR count). The van der Waals surface area contributed by atoms with Gasteiger partial charge < -0.3 is 4.42 Å². The second kappa shape index (κ2) is 7.03. The molecule has 0 fully saturated rings. The van der Waals surface area contributed by atoms with Gasteiger partial charge in [0, 0.05) is 40.6 Å². The molecule has 0 atom stereocenters. The molecule has 0 amide bonds. The fourth-order valence-electron chi connectivity index (χ4n) is 4.20. The number of para-hydroxylation sites is 1. The summed E-state index contributed by atoms with van der Waals surface area (Å²) in [4.78, 5) is 8.67. The molecule has 6 aromatic rings. The lowest BCUT2D eigenvalue weighted by Crippen LogP contribution is -1.93. The third-order valence-electron chi connectivity index (χ3n) is 5.76. The highest BCUT2D eigenvalue weighted by Crippen LogP contribution is 2.37. The standard InChI is InChI=1S/C29H22N2O/c1-17-16-30-27(15-26(17)22-14-12-20-7-4-5-8-21(20)19(22)3)25-10-6-9-23-24-13-11-18(2)31-29(24)32-28(23)25/h4-16H,1-3H3/i1D3,2D3,3D3. The first-order chi connectivity index (χ1) is 19.2. The van der Waals surface area contributed by atoms with E-state index in [-0.39, 0.29) is 33.7 Å². The topological polar surface area (TPSA) is 38.9 Å². The average molecular weight is 424 g/mol. The number of aromatic nitrogens is 2. The van der Waals surface area contributed by atoms with Gasteiger partial charge in [0.05, 0.1) is 5.69 Å². The van der Waals surface area contributed by atoms with E-state index in [0.717, 1.165) is 5.39 Å². The van der Waals surface area contributed by atoms with E-state index < -0.39 is 20.6 Å². The average Bonchev–Trinajstić information content (AvgIpc) is 3.28. The van der Waals surface area contributed by atoms with E-state index in [1.54, 1.807) is 48.5 Å². The molecule has 0 saturated heterocycles. The molecule has 0 aliphatic rings. The number of aryl methyl sites for hydroxylation is 3. The number of pyridine rings is 2. The maximum Gasteiger partial charge on any atom is 0.227 e. The Balaban J connectivity index is 1.63. The van der Waals surface area contributed by atoms with E-state index in [1.807, 2.05) is 18.2 Å². The van der Waals surface area contributed by atoms with Gasteiger partial charge in [0.1, 0.15) is 5.58 Å². The van der Waals surface area contributed by atoms with E-state index >= 15 is 0 Å². The molecule has 0 saturated carbocycles. The number of nitrogens with zero attached hydrogens (tertiary/aromatic N) is 2. The summed E-state index contributed by atoms with van der Waals surface area (Å²) in [6.45, 7) is -7.51. The Kier molecular flexibility index (Phi) is 2.54. The second-order valence-corrected chi connectivity index (χ2v) is 7.66. The third kappa shape index (κ3) is 2.82. The van der Waals surface area contributed by atoms with Crippen LogP contribution in [0.5, 0.6) is 0 Å². The van der Waals surface area contributed by atoms with Gasteiger partial charge in [-0.05, 0) is 77.8 Å². The van der Waals surface area contributed by atoms with Crippen molar-refractivity contribution in [2.24, 2.45) is 0 Å². The number of benzene rings is 3. The van der Waals surface area contributed by atoms with Gasteiger partial charge in [-0.15, -0.1) is 0 Å². The van der Waals surface area contributed by atoms with E-state index in [1.165, 1.54) is 12.3 Å². The number of hydrogen-bond donors (Lipinski definition) is 0. The molecular formula is C29H22N2O. The largest absolute Gasteiger partial charge is 0.437 e. The highest BCUT2D eigenvalue weighted by Gasteiger charge is 2.16. The van der Waals surface area contributed by atoms with Crippen molar-refractivity contribution in [3.8, 4) is 22.4 Å². The van der Waals surface area contributed by atoms with E-state index in [0.29, 0.717) is 33.0 Å². The third-order valence-corrected chi connectivity index (χ3v) is 5.76. The molecule has 3 aromatic carbocycles. The summed E-state index contributed by atoms with van der Waals surface area (Å²) in [6.07, 6.45) is 1.25. The monoisotopic (exact) mass is 423 g/mol. The molecule has 3 heterocycles. The van der Waals surface area contributed by atoms with Crippen molar-refractivity contribution in [2.75, 3.05) is 0 Å². The number of furan rings is 1. The van der Waals surface area contributed by atoms with Gasteiger partial charge in [-0.25, -0.2) is 4.98 Å². The van der Waals surface area contributed by atoms with Crippen LogP contribution in [0.25, 0.3) is 55.2 Å². The zero-order chi connectivity index (χ0) is 29.3. The molecule has 0 aliphatic heterocycles. The molecular weight excluding hydrogens is 392 g/mol. The normalized spacial score (nSPS) is 16.9. The van der Waals surface area contributed by atoms with Crippen molar-refractivity contribution >= 4 is 32.8 Å². The summed E-state index contributed by atoms with van der Waals surface area (Å²) in [7, 11) is 0. The van der Waals surface area contributed by atoms with Gasteiger partial charge in [-0.3, -0.25) is 4.98 Å². The molecule has 32 heavy (non-hydrogen) atoms. The summed E-state index contributed by atoms with van der Waals surface area (Å²) in [5.41, 5.74) is 1.81. The van der Waals surface area contributed by atoms with Crippen LogP contribution in [0.2, 0.25) is 0 Å². The summed E-state index contributed by atoms with van der Waals surface area (Å²) in [5.74, 6) is 0. The van der Waals surface area contributed by atoms with Crippen molar-refractivity contribution < 1.29 is 16.8 Å². The molecule has 0 N–H and O–H groups in total. The molecule has 0 aliphatic carbocycles. The van der Waals surface area contributed by atoms with Crippen molar-refractivity contribution in [1.29, 1.82) is 0 Å². The summed E-state index contributed by atoms with van der Waals surface area (Å²) in [5, 5.41) is 2.53. The molecule has 154 valence electrons. The first kappa shape index (κ1) is 11.6. The molecule has 0 unspecified atom stereocenters. The summed E-state index contributed by atoms with van der Waals surface area (Å²) < 4.78 is 78.6. The van der Waals surface area contributed by atoms with E-state index in [9.17, 15) is 0 Å². The number of hydrogen-bond acceptors (Lipinski definition) is 3. The van der Waals surface area contributed by atoms with Crippen molar-refractivity contribution in [3.63, 3.8) is 0 Å². The predicted octanol–water partition coefficient (Wildman–Crippen LogP) is 7.79. The van der Waals surface area contributed by atoms with Gasteiger partial charge in [-0.1, -0.05) is 48.5 Å². The minimum absolute atomic E-state index is 0.0570. The second-order valence-electron chi connectivity index (χ2n) is 7.66. The Labute approximate surface area is 199 Å². The zero-order valence-electron chi connectivity index (χ0n) is 25.8. The Bertz CT molecular complexity index is 1970. The Morgan fingerprint density at radius 3 is 2.59 bits per heavy atom. The minimum Gasteiger partial charge on any atom is -0.437 e. The summed E-state index contributed by atoms with van der Waals surface area (Å²) >= 11 is 0. The number of fused-ring (bicyclic) bond motifs is 4. The van der Waals surface area contributed by atoms with Crippen LogP contribution in [-0.4, -0.2) is 9.97 Å².